The first-order valence-corrected chi connectivity index (χ1v) is 8.77. The Bertz CT molecular complexity index is 1110. The highest BCUT2D eigenvalue weighted by Crippen LogP contribution is 2.19. The molecule has 29 heavy (non-hydrogen) atoms. The maximum absolute atomic E-state index is 13.8. The lowest BCUT2D eigenvalue weighted by Crippen LogP contribution is -2.23. The standard InChI is InChI=1S/C19H15FN6O3/c20-13-6-2-1-5-12(13)18-23-16(28-25-18)9-8-15(27)22-11-17-24-19(26-29-17)14-7-3-4-10-21-14/h1-7,10H,8-9,11H2,(H,22,27). The van der Waals surface area contributed by atoms with Crippen LogP contribution < -0.4 is 5.32 Å². The Morgan fingerprint density at radius 1 is 0.966 bits per heavy atom. The molecule has 0 aliphatic carbocycles. The Hall–Kier alpha value is -3.95. The van der Waals surface area contributed by atoms with Crippen LogP contribution in [0.3, 0.4) is 0 Å². The molecule has 0 saturated carbocycles. The van der Waals surface area contributed by atoms with Gasteiger partial charge in [-0.1, -0.05) is 28.5 Å². The fourth-order valence-electron chi connectivity index (χ4n) is 2.52. The van der Waals surface area contributed by atoms with E-state index in [4.69, 9.17) is 9.05 Å². The summed E-state index contributed by atoms with van der Waals surface area (Å²) in [6, 6.07) is 11.5. The van der Waals surface area contributed by atoms with Crippen LogP contribution in [-0.4, -0.2) is 31.2 Å². The van der Waals surface area contributed by atoms with Crippen LogP contribution in [-0.2, 0) is 17.8 Å². The van der Waals surface area contributed by atoms with Gasteiger partial charge in [-0.2, -0.15) is 9.97 Å². The topological polar surface area (TPSA) is 120 Å². The first kappa shape index (κ1) is 18.4. The van der Waals surface area contributed by atoms with Gasteiger partial charge in [0.25, 0.3) is 0 Å². The summed E-state index contributed by atoms with van der Waals surface area (Å²) in [5.41, 5.74) is 0.822. The van der Waals surface area contributed by atoms with Crippen LogP contribution in [0.15, 0.2) is 57.7 Å². The second kappa shape index (κ2) is 8.38. The van der Waals surface area contributed by atoms with Crippen molar-refractivity contribution < 1.29 is 18.2 Å². The van der Waals surface area contributed by atoms with Gasteiger partial charge in [0, 0.05) is 19.0 Å². The maximum atomic E-state index is 13.8. The van der Waals surface area contributed by atoms with Crippen molar-refractivity contribution in [1.82, 2.24) is 30.6 Å². The number of hydrogen-bond donors (Lipinski definition) is 1. The summed E-state index contributed by atoms with van der Waals surface area (Å²) in [7, 11) is 0. The van der Waals surface area contributed by atoms with Crippen LogP contribution in [0.4, 0.5) is 4.39 Å². The van der Waals surface area contributed by atoms with Gasteiger partial charge >= 0.3 is 0 Å². The number of aryl methyl sites for hydroxylation is 1. The van der Waals surface area contributed by atoms with Crippen molar-refractivity contribution in [1.29, 1.82) is 0 Å². The van der Waals surface area contributed by atoms with Crippen LogP contribution in [0.25, 0.3) is 22.9 Å². The molecule has 0 atom stereocenters. The molecule has 0 radical (unpaired) electrons. The van der Waals surface area contributed by atoms with Gasteiger partial charge < -0.3 is 14.4 Å². The molecule has 3 heterocycles. The van der Waals surface area contributed by atoms with E-state index < -0.39 is 5.82 Å². The zero-order chi connectivity index (χ0) is 20.1. The van der Waals surface area contributed by atoms with Crippen LogP contribution in [0.5, 0.6) is 0 Å². The van der Waals surface area contributed by atoms with Gasteiger partial charge in [0.05, 0.1) is 12.1 Å². The third kappa shape index (κ3) is 4.49. The van der Waals surface area contributed by atoms with Gasteiger partial charge in [0.2, 0.25) is 29.3 Å². The third-order valence-electron chi connectivity index (χ3n) is 3.95. The van der Waals surface area contributed by atoms with E-state index in [9.17, 15) is 9.18 Å². The molecule has 1 N–H and O–H groups in total. The summed E-state index contributed by atoms with van der Waals surface area (Å²) in [5, 5.41) is 10.3. The SMILES string of the molecule is O=C(CCc1nc(-c2ccccc2F)no1)NCc1nc(-c2ccccn2)no1. The highest BCUT2D eigenvalue weighted by atomic mass is 19.1. The Labute approximate surface area is 164 Å². The summed E-state index contributed by atoms with van der Waals surface area (Å²) in [5.74, 6) is 0.301. The largest absolute Gasteiger partial charge is 0.347 e. The third-order valence-corrected chi connectivity index (χ3v) is 3.95. The molecule has 0 aliphatic heterocycles. The van der Waals surface area contributed by atoms with Crippen molar-refractivity contribution in [3.63, 3.8) is 0 Å². The summed E-state index contributed by atoms with van der Waals surface area (Å²) >= 11 is 0. The van der Waals surface area contributed by atoms with Crippen LogP contribution in [0, 0.1) is 5.82 Å². The van der Waals surface area contributed by atoms with Crippen LogP contribution >= 0.6 is 0 Å². The molecule has 0 fully saturated rings. The van der Waals surface area contributed by atoms with E-state index >= 15 is 0 Å². The molecule has 0 saturated heterocycles. The molecule has 0 aliphatic rings. The van der Waals surface area contributed by atoms with Gasteiger partial charge in [-0.05, 0) is 24.3 Å². The zero-order valence-corrected chi connectivity index (χ0v) is 15.1. The van der Waals surface area contributed by atoms with Gasteiger partial charge in [0.15, 0.2) is 0 Å². The number of rotatable bonds is 7. The monoisotopic (exact) mass is 394 g/mol. The number of benzene rings is 1. The predicted octanol–water partition coefficient (Wildman–Crippen LogP) is 2.57. The number of halogens is 1. The van der Waals surface area contributed by atoms with Crippen molar-refractivity contribution >= 4 is 5.91 Å². The lowest BCUT2D eigenvalue weighted by molar-refractivity contribution is -0.121. The van der Waals surface area contributed by atoms with E-state index in [1.54, 1.807) is 36.5 Å². The Morgan fingerprint density at radius 2 is 1.72 bits per heavy atom. The second-order valence-corrected chi connectivity index (χ2v) is 5.99. The molecular weight excluding hydrogens is 379 g/mol. The number of aromatic nitrogens is 5. The fourth-order valence-corrected chi connectivity index (χ4v) is 2.52. The smallest absolute Gasteiger partial charge is 0.246 e. The summed E-state index contributed by atoms with van der Waals surface area (Å²) in [4.78, 5) is 24.5. The Morgan fingerprint density at radius 3 is 2.55 bits per heavy atom. The number of carbonyl (C=O) groups is 1. The van der Waals surface area contributed by atoms with Gasteiger partial charge in [-0.25, -0.2) is 4.39 Å². The van der Waals surface area contributed by atoms with E-state index in [2.05, 4.69) is 30.6 Å². The average molecular weight is 394 g/mol. The molecular formula is C19H15FN6O3. The molecule has 0 spiro atoms. The minimum Gasteiger partial charge on any atom is -0.347 e. The molecule has 4 aromatic rings. The molecule has 3 aromatic heterocycles. The maximum Gasteiger partial charge on any atom is 0.246 e. The fraction of sp³-hybridized carbons (Fsp3) is 0.158. The molecule has 9 nitrogen and oxygen atoms in total. The molecule has 146 valence electrons. The first-order chi connectivity index (χ1) is 14.2. The van der Waals surface area contributed by atoms with Gasteiger partial charge in [-0.15, -0.1) is 0 Å². The number of nitrogens with zero attached hydrogens (tertiary/aromatic N) is 5. The minimum absolute atomic E-state index is 0.0863. The minimum atomic E-state index is -0.442. The summed E-state index contributed by atoms with van der Waals surface area (Å²) in [6.45, 7) is 0.0863. The first-order valence-electron chi connectivity index (χ1n) is 8.77. The van der Waals surface area contributed by atoms with E-state index in [-0.39, 0.29) is 48.5 Å². The van der Waals surface area contributed by atoms with E-state index in [0.29, 0.717) is 11.5 Å². The van der Waals surface area contributed by atoms with Crippen LogP contribution in [0.2, 0.25) is 0 Å². The average Bonchev–Trinajstić information content (AvgIpc) is 3.41. The number of hydrogen-bond acceptors (Lipinski definition) is 8. The lowest BCUT2D eigenvalue weighted by Gasteiger charge is -1.99. The van der Waals surface area contributed by atoms with Crippen molar-refractivity contribution in [2.24, 2.45) is 0 Å². The molecule has 4 rings (SSSR count). The van der Waals surface area contributed by atoms with Crippen molar-refractivity contribution in [2.75, 3.05) is 0 Å². The number of pyridine rings is 1. The van der Waals surface area contributed by atoms with Crippen molar-refractivity contribution in [3.8, 4) is 22.9 Å². The summed E-state index contributed by atoms with van der Waals surface area (Å²) in [6.07, 6.45) is 1.96. The highest BCUT2D eigenvalue weighted by molar-refractivity contribution is 5.75. The van der Waals surface area contributed by atoms with Gasteiger partial charge in [0.1, 0.15) is 11.5 Å². The van der Waals surface area contributed by atoms with E-state index in [0.717, 1.165) is 0 Å². The van der Waals surface area contributed by atoms with Gasteiger partial charge in [-0.3, -0.25) is 9.78 Å². The number of amides is 1. The molecule has 1 aromatic carbocycles. The van der Waals surface area contributed by atoms with E-state index in [1.807, 2.05) is 6.07 Å². The normalized spacial score (nSPS) is 10.8. The van der Waals surface area contributed by atoms with Crippen molar-refractivity contribution in [3.05, 3.63) is 66.3 Å². The quantitative estimate of drug-likeness (QED) is 0.508. The zero-order valence-electron chi connectivity index (χ0n) is 15.1. The summed E-state index contributed by atoms with van der Waals surface area (Å²) < 4.78 is 23.9. The molecule has 10 heteroatoms. The highest BCUT2D eigenvalue weighted by Gasteiger charge is 2.14. The number of carbonyl (C=O) groups excluding carboxylic acids is 1. The Balaban J connectivity index is 1.28. The number of nitrogens with one attached hydrogen (secondary N) is 1. The Kier molecular flexibility index (Phi) is 5.32. The lowest BCUT2D eigenvalue weighted by atomic mass is 10.2. The molecule has 1 amide bonds. The van der Waals surface area contributed by atoms with E-state index in [1.165, 1.54) is 6.07 Å². The second-order valence-electron chi connectivity index (χ2n) is 5.99. The molecule has 0 bridgehead atoms. The molecule has 0 unspecified atom stereocenters. The van der Waals surface area contributed by atoms with Crippen LogP contribution in [0.1, 0.15) is 18.2 Å². The van der Waals surface area contributed by atoms with Crippen molar-refractivity contribution in [2.45, 2.75) is 19.4 Å². The predicted molar refractivity (Wildman–Crippen MR) is 97.4 cm³/mol.